The predicted molar refractivity (Wildman–Crippen MR) is 139 cm³/mol. The first-order chi connectivity index (χ1) is 18.0. The van der Waals surface area contributed by atoms with Crippen molar-refractivity contribution in [2.75, 3.05) is 7.05 Å². The van der Waals surface area contributed by atoms with E-state index in [9.17, 15) is 14.0 Å². The van der Waals surface area contributed by atoms with E-state index >= 15 is 0 Å². The van der Waals surface area contributed by atoms with Crippen molar-refractivity contribution < 1.29 is 8.78 Å². The summed E-state index contributed by atoms with van der Waals surface area (Å²) < 4.78 is 28.8. The second-order valence-electron chi connectivity index (χ2n) is 9.13. The number of pyridine rings is 1. The number of hydrogen-bond acceptors (Lipinski definition) is 4. The van der Waals surface area contributed by atoms with Gasteiger partial charge in [-0.1, -0.05) is 30.3 Å². The summed E-state index contributed by atoms with van der Waals surface area (Å²) in [7, 11) is 2.03. The number of hydrogen-bond donors (Lipinski definition) is 0. The van der Waals surface area contributed by atoms with Gasteiger partial charge >= 0.3 is 0 Å². The SMILES string of the molecule is CN(Cc1ccc(F)cc1)Cc1ccc2nc(-c3cc(C#N)ccn3)n(CCc3ccc(F)cc3)c2c1. The molecule has 7 heteroatoms. The second-order valence-corrected chi connectivity index (χ2v) is 9.13. The third kappa shape index (κ3) is 5.71. The molecular formula is C30H25F2N5. The first-order valence-corrected chi connectivity index (χ1v) is 12.0. The maximum absolute atomic E-state index is 13.4. The van der Waals surface area contributed by atoms with Gasteiger partial charge in [-0.2, -0.15) is 5.26 Å². The monoisotopic (exact) mass is 493 g/mol. The van der Waals surface area contributed by atoms with Gasteiger partial charge in [0.15, 0.2) is 5.82 Å². The van der Waals surface area contributed by atoms with Crippen molar-refractivity contribution in [1.82, 2.24) is 19.4 Å². The molecule has 0 amide bonds. The topological polar surface area (TPSA) is 57.7 Å². The minimum atomic E-state index is -0.260. The molecule has 37 heavy (non-hydrogen) atoms. The Hall–Kier alpha value is -4.41. The van der Waals surface area contributed by atoms with Crippen molar-refractivity contribution in [2.45, 2.75) is 26.1 Å². The van der Waals surface area contributed by atoms with E-state index in [1.807, 2.05) is 13.1 Å². The summed E-state index contributed by atoms with van der Waals surface area (Å²) in [6.45, 7) is 2.01. The van der Waals surface area contributed by atoms with Gasteiger partial charge in [-0.25, -0.2) is 13.8 Å². The van der Waals surface area contributed by atoms with Gasteiger partial charge in [-0.05, 0) is 78.7 Å². The van der Waals surface area contributed by atoms with Gasteiger partial charge in [0, 0.05) is 25.8 Å². The molecule has 0 aliphatic carbocycles. The highest BCUT2D eigenvalue weighted by Gasteiger charge is 2.16. The summed E-state index contributed by atoms with van der Waals surface area (Å²) in [5.74, 6) is 0.187. The molecule has 5 rings (SSSR count). The molecular weight excluding hydrogens is 468 g/mol. The van der Waals surface area contributed by atoms with Crippen LogP contribution in [-0.2, 0) is 26.1 Å². The van der Waals surface area contributed by atoms with Crippen LogP contribution in [0.3, 0.4) is 0 Å². The minimum absolute atomic E-state index is 0.239. The molecule has 0 atom stereocenters. The maximum atomic E-state index is 13.4. The van der Waals surface area contributed by atoms with Gasteiger partial charge in [-0.15, -0.1) is 0 Å². The number of nitrogens with zero attached hydrogens (tertiary/aromatic N) is 5. The third-order valence-electron chi connectivity index (χ3n) is 6.29. The van der Waals surface area contributed by atoms with Crippen molar-refractivity contribution >= 4 is 11.0 Å². The number of imidazole rings is 1. The largest absolute Gasteiger partial charge is 0.322 e. The highest BCUT2D eigenvalue weighted by atomic mass is 19.1. The standard InChI is InChI=1S/C30H25F2N5/c1-36(19-22-4-9-26(32)10-5-22)20-24-6-11-27-29(17-24)37(15-13-21-2-7-25(31)8-3-21)30(35-27)28-16-23(18-33)12-14-34-28/h2-12,14,16-17H,13,15,19-20H2,1H3. The van der Waals surface area contributed by atoms with Crippen LogP contribution < -0.4 is 0 Å². The Bertz CT molecular complexity index is 1570. The summed E-state index contributed by atoms with van der Waals surface area (Å²) >= 11 is 0. The van der Waals surface area contributed by atoms with Crippen LogP contribution in [0.4, 0.5) is 8.78 Å². The number of aryl methyl sites for hydroxylation is 2. The van der Waals surface area contributed by atoms with Crippen LogP contribution in [0.25, 0.3) is 22.6 Å². The predicted octanol–water partition coefficient (Wildman–Crippen LogP) is 6.12. The molecule has 5 nitrogen and oxygen atoms in total. The zero-order valence-electron chi connectivity index (χ0n) is 20.4. The van der Waals surface area contributed by atoms with Crippen molar-refractivity contribution in [3.8, 4) is 17.6 Å². The molecule has 184 valence electrons. The van der Waals surface area contributed by atoms with Gasteiger partial charge in [-0.3, -0.25) is 9.88 Å². The lowest BCUT2D eigenvalue weighted by molar-refractivity contribution is 0.319. The molecule has 2 heterocycles. The van der Waals surface area contributed by atoms with Crippen LogP contribution in [0, 0.1) is 23.0 Å². The first kappa shape index (κ1) is 24.3. The Morgan fingerprint density at radius 2 is 1.49 bits per heavy atom. The van der Waals surface area contributed by atoms with Crippen LogP contribution in [0.1, 0.15) is 22.3 Å². The highest BCUT2D eigenvalue weighted by Crippen LogP contribution is 2.26. The average Bonchev–Trinajstić information content (AvgIpc) is 3.27. The maximum Gasteiger partial charge on any atom is 0.159 e. The third-order valence-corrected chi connectivity index (χ3v) is 6.29. The zero-order valence-corrected chi connectivity index (χ0v) is 20.4. The smallest absolute Gasteiger partial charge is 0.159 e. The van der Waals surface area contributed by atoms with Gasteiger partial charge in [0.05, 0.1) is 22.7 Å². The number of halogens is 2. The zero-order chi connectivity index (χ0) is 25.8. The summed E-state index contributed by atoms with van der Waals surface area (Å²) in [5.41, 5.74) is 6.13. The summed E-state index contributed by atoms with van der Waals surface area (Å²) in [6.07, 6.45) is 2.30. The minimum Gasteiger partial charge on any atom is -0.322 e. The van der Waals surface area contributed by atoms with Crippen LogP contribution in [0.2, 0.25) is 0 Å². The quantitative estimate of drug-likeness (QED) is 0.261. The normalized spacial score (nSPS) is 11.2. The molecule has 0 fully saturated rings. The lowest BCUT2D eigenvalue weighted by Crippen LogP contribution is -2.17. The van der Waals surface area contributed by atoms with E-state index in [0.29, 0.717) is 43.1 Å². The van der Waals surface area contributed by atoms with E-state index in [1.165, 1.54) is 24.3 Å². The molecule has 5 aromatic rings. The fourth-order valence-corrected chi connectivity index (χ4v) is 4.47. The van der Waals surface area contributed by atoms with Gasteiger partial charge in [0.25, 0.3) is 0 Å². The van der Waals surface area contributed by atoms with Gasteiger partial charge in [0.1, 0.15) is 17.3 Å². The van der Waals surface area contributed by atoms with E-state index in [4.69, 9.17) is 4.98 Å². The molecule has 0 bridgehead atoms. The lowest BCUT2D eigenvalue weighted by Gasteiger charge is -2.17. The molecule has 0 aliphatic heterocycles. The second kappa shape index (κ2) is 10.7. The summed E-state index contributed by atoms with van der Waals surface area (Å²) in [6, 6.07) is 24.8. The number of aromatic nitrogens is 3. The molecule has 0 unspecified atom stereocenters. The van der Waals surface area contributed by atoms with E-state index < -0.39 is 0 Å². The van der Waals surface area contributed by atoms with Crippen molar-refractivity contribution in [2.24, 2.45) is 0 Å². The molecule has 0 spiro atoms. The number of rotatable bonds is 8. The van der Waals surface area contributed by atoms with Gasteiger partial charge < -0.3 is 4.57 Å². The highest BCUT2D eigenvalue weighted by molar-refractivity contribution is 5.81. The van der Waals surface area contributed by atoms with Gasteiger partial charge in [0.2, 0.25) is 0 Å². The number of nitriles is 1. The van der Waals surface area contributed by atoms with Crippen LogP contribution in [0.5, 0.6) is 0 Å². The number of fused-ring (bicyclic) bond motifs is 1. The summed E-state index contributed by atoms with van der Waals surface area (Å²) in [4.78, 5) is 11.5. The van der Waals surface area contributed by atoms with E-state index in [0.717, 1.165) is 27.7 Å². The van der Waals surface area contributed by atoms with E-state index in [1.54, 1.807) is 42.6 Å². The van der Waals surface area contributed by atoms with Crippen LogP contribution in [-0.4, -0.2) is 26.5 Å². The first-order valence-electron chi connectivity index (χ1n) is 12.0. The van der Waals surface area contributed by atoms with E-state index in [2.05, 4.69) is 32.7 Å². The van der Waals surface area contributed by atoms with Crippen molar-refractivity contribution in [1.29, 1.82) is 5.26 Å². The molecule has 3 aromatic carbocycles. The molecule has 0 radical (unpaired) electrons. The lowest BCUT2D eigenvalue weighted by atomic mass is 10.1. The molecule has 0 saturated heterocycles. The van der Waals surface area contributed by atoms with E-state index in [-0.39, 0.29) is 11.6 Å². The van der Waals surface area contributed by atoms with Crippen LogP contribution >= 0.6 is 0 Å². The molecule has 0 N–H and O–H groups in total. The number of benzene rings is 3. The Morgan fingerprint density at radius 1 is 0.838 bits per heavy atom. The Kier molecular flexibility index (Phi) is 7.02. The molecule has 2 aromatic heterocycles. The molecule has 0 saturated carbocycles. The molecule has 0 aliphatic rings. The average molecular weight is 494 g/mol. The fraction of sp³-hybridized carbons (Fsp3) is 0.167. The van der Waals surface area contributed by atoms with Crippen LogP contribution in [0.15, 0.2) is 85.1 Å². The summed E-state index contributed by atoms with van der Waals surface area (Å²) in [5, 5.41) is 9.37. The fourth-order valence-electron chi connectivity index (χ4n) is 4.47. The Balaban J connectivity index is 1.47. The Morgan fingerprint density at radius 3 is 2.19 bits per heavy atom. The Labute approximate surface area is 214 Å². The van der Waals surface area contributed by atoms with Crippen molar-refractivity contribution in [3.63, 3.8) is 0 Å². The van der Waals surface area contributed by atoms with Crippen molar-refractivity contribution in [3.05, 3.63) is 119 Å².